The molecule has 11 N–H and O–H groups in total. The molecule has 0 radical (unpaired) electrons. The number of ether oxygens (including phenoxy) is 4. The molecule has 16 nitrogen and oxygen atoms in total. The summed E-state index contributed by atoms with van der Waals surface area (Å²) >= 11 is 0. The fraction of sp³-hybridized carbons (Fsp3) is 0.944. The number of aliphatic hydroxyl groups is 10. The largest absolute Gasteiger partial charge is 0.479 e. The summed E-state index contributed by atoms with van der Waals surface area (Å²) in [5, 5.41) is 108. The molecule has 0 aromatic rings. The number of rotatable bonds is 10. The van der Waals surface area contributed by atoms with Crippen molar-refractivity contribution in [1.82, 2.24) is 0 Å². The third-order valence-electron chi connectivity index (χ3n) is 5.61. The fourth-order valence-electron chi connectivity index (χ4n) is 3.61. The summed E-state index contributed by atoms with van der Waals surface area (Å²) in [6.45, 7) is -0.605. The Hall–Kier alpha value is -1.09. The molecule has 14 atom stereocenters. The molecule has 34 heavy (non-hydrogen) atoms. The minimum Gasteiger partial charge on any atom is -0.479 e. The molecular formula is C18H32O16. The first-order valence-corrected chi connectivity index (χ1v) is 10.4. The molecule has 0 spiro atoms. The second-order valence-corrected chi connectivity index (χ2v) is 8.12. The van der Waals surface area contributed by atoms with Crippen LogP contribution in [0.5, 0.6) is 0 Å². The van der Waals surface area contributed by atoms with E-state index in [1.807, 2.05) is 0 Å². The summed E-state index contributed by atoms with van der Waals surface area (Å²) in [4.78, 5) is 11.2. The molecule has 0 bridgehead atoms. The number of carboxylic acids is 1. The van der Waals surface area contributed by atoms with E-state index in [-0.39, 0.29) is 0 Å². The van der Waals surface area contributed by atoms with Crippen molar-refractivity contribution >= 4 is 5.97 Å². The van der Waals surface area contributed by atoms with Crippen molar-refractivity contribution in [1.29, 1.82) is 0 Å². The second kappa shape index (κ2) is 12.2. The van der Waals surface area contributed by atoms with Crippen LogP contribution in [0.2, 0.25) is 0 Å². The molecular weight excluding hydrogens is 472 g/mol. The quantitative estimate of drug-likeness (QED) is 0.132. The van der Waals surface area contributed by atoms with Crippen molar-refractivity contribution in [3.63, 3.8) is 0 Å². The van der Waals surface area contributed by atoms with Gasteiger partial charge < -0.3 is 75.1 Å². The van der Waals surface area contributed by atoms with Gasteiger partial charge in [0.25, 0.3) is 0 Å². The zero-order chi connectivity index (χ0) is 25.9. The Morgan fingerprint density at radius 1 is 0.882 bits per heavy atom. The third kappa shape index (κ3) is 6.18. The van der Waals surface area contributed by atoms with Crippen molar-refractivity contribution in [3.05, 3.63) is 0 Å². The first kappa shape index (κ1) is 29.1. The lowest BCUT2D eigenvalue weighted by Gasteiger charge is -2.46. The minimum absolute atomic E-state index is 0.883. The van der Waals surface area contributed by atoms with Gasteiger partial charge in [0.15, 0.2) is 18.7 Å². The first-order chi connectivity index (χ1) is 15.8. The van der Waals surface area contributed by atoms with E-state index in [0.717, 1.165) is 0 Å². The smallest absolute Gasteiger partial charge is 0.335 e. The SMILES string of the molecule is C[C@H](O)[C@H](O[C@@H]1O[C@H](CO)[C@@H](O[C@@H]2O[C@H](C(=O)O)[C@@H](O)[C@H](O)[C@H]2O)[C@H](O)[C@H]1O)[C@@H](O)[C@@H](O)CO. The summed E-state index contributed by atoms with van der Waals surface area (Å²) in [5.41, 5.74) is 0. The molecule has 0 unspecified atom stereocenters. The Morgan fingerprint density at radius 3 is 1.97 bits per heavy atom. The van der Waals surface area contributed by atoms with Gasteiger partial charge in [-0.25, -0.2) is 4.79 Å². The number of aliphatic carboxylic acids is 1. The Balaban J connectivity index is 2.17. The van der Waals surface area contributed by atoms with Crippen LogP contribution in [0.15, 0.2) is 0 Å². The lowest BCUT2D eigenvalue weighted by molar-refractivity contribution is -0.364. The summed E-state index contributed by atoms with van der Waals surface area (Å²) in [6, 6.07) is 0. The molecule has 2 heterocycles. The van der Waals surface area contributed by atoms with Crippen LogP contribution < -0.4 is 0 Å². The van der Waals surface area contributed by atoms with Gasteiger partial charge in [0.2, 0.25) is 0 Å². The van der Waals surface area contributed by atoms with Crippen LogP contribution in [-0.4, -0.2) is 161 Å². The highest BCUT2D eigenvalue weighted by molar-refractivity contribution is 5.73. The van der Waals surface area contributed by atoms with E-state index in [0.29, 0.717) is 0 Å². The molecule has 2 rings (SSSR count). The van der Waals surface area contributed by atoms with E-state index < -0.39 is 105 Å². The lowest BCUT2D eigenvalue weighted by Crippen LogP contribution is -2.65. The van der Waals surface area contributed by atoms with Crippen LogP contribution >= 0.6 is 0 Å². The van der Waals surface area contributed by atoms with Crippen molar-refractivity contribution in [2.75, 3.05) is 13.2 Å². The summed E-state index contributed by atoms with van der Waals surface area (Å²) < 4.78 is 20.9. The summed E-state index contributed by atoms with van der Waals surface area (Å²) in [7, 11) is 0. The Labute approximate surface area is 192 Å². The zero-order valence-electron chi connectivity index (χ0n) is 18.0. The van der Waals surface area contributed by atoms with Crippen LogP contribution in [0, 0.1) is 0 Å². The van der Waals surface area contributed by atoms with Gasteiger partial charge in [0.05, 0.1) is 19.3 Å². The van der Waals surface area contributed by atoms with Gasteiger partial charge in [-0.1, -0.05) is 0 Å². The maximum Gasteiger partial charge on any atom is 0.335 e. The number of carbonyl (C=O) groups is 1. The van der Waals surface area contributed by atoms with Crippen LogP contribution in [0.25, 0.3) is 0 Å². The van der Waals surface area contributed by atoms with Gasteiger partial charge in [-0.3, -0.25) is 0 Å². The topological polar surface area (TPSA) is 277 Å². The molecule has 16 heteroatoms. The van der Waals surface area contributed by atoms with Crippen molar-refractivity contribution in [3.8, 4) is 0 Å². The summed E-state index contributed by atoms with van der Waals surface area (Å²) in [5.74, 6) is -1.69. The van der Waals surface area contributed by atoms with E-state index in [4.69, 9.17) is 29.2 Å². The predicted octanol–water partition coefficient (Wildman–Crippen LogP) is -6.82. The first-order valence-electron chi connectivity index (χ1n) is 10.4. The van der Waals surface area contributed by atoms with Gasteiger partial charge in [0, 0.05) is 0 Å². The molecule has 2 aliphatic rings. The monoisotopic (exact) mass is 504 g/mol. The second-order valence-electron chi connectivity index (χ2n) is 8.12. The molecule has 0 aromatic heterocycles. The van der Waals surface area contributed by atoms with E-state index >= 15 is 0 Å². The molecule has 0 aliphatic carbocycles. The molecule has 2 aliphatic heterocycles. The molecule has 2 saturated heterocycles. The normalized spacial score (nSPS) is 42.6. The Bertz CT molecular complexity index is 647. The maximum absolute atomic E-state index is 11.2. The van der Waals surface area contributed by atoms with Crippen LogP contribution in [0.1, 0.15) is 6.92 Å². The van der Waals surface area contributed by atoms with Crippen molar-refractivity contribution in [2.24, 2.45) is 0 Å². The van der Waals surface area contributed by atoms with E-state index in [1.54, 1.807) is 0 Å². The Morgan fingerprint density at radius 2 is 1.47 bits per heavy atom. The highest BCUT2D eigenvalue weighted by Crippen LogP contribution is 2.30. The predicted molar refractivity (Wildman–Crippen MR) is 103 cm³/mol. The standard InChI is InChI=1S/C18H32O16/c1-4(21)13(7(23)5(22)2-19)32-17-12(28)10(26)14(6(3-20)31-17)33-18-11(27)8(24)9(25)15(34-18)16(29)30/h4-15,17-28H,2-3H2,1H3,(H,29,30)/t4-,5-,6+,7-,8-,9-,10+,11+,12+,13-,14+,15-,17-,18+/m0/s1. The zero-order valence-corrected chi connectivity index (χ0v) is 18.0. The minimum atomic E-state index is -2.01. The van der Waals surface area contributed by atoms with Gasteiger partial charge in [0.1, 0.15) is 61.0 Å². The van der Waals surface area contributed by atoms with E-state index in [1.165, 1.54) is 6.92 Å². The fourth-order valence-corrected chi connectivity index (χ4v) is 3.61. The molecule has 0 aromatic carbocycles. The third-order valence-corrected chi connectivity index (χ3v) is 5.61. The average molecular weight is 504 g/mol. The van der Waals surface area contributed by atoms with Crippen molar-refractivity contribution < 1.29 is 79.9 Å². The summed E-state index contributed by atoms with van der Waals surface area (Å²) in [6.07, 6.45) is -25.5. The average Bonchev–Trinajstić information content (AvgIpc) is 2.79. The maximum atomic E-state index is 11.2. The van der Waals surface area contributed by atoms with Crippen LogP contribution in [0.3, 0.4) is 0 Å². The van der Waals surface area contributed by atoms with E-state index in [9.17, 15) is 50.8 Å². The lowest BCUT2D eigenvalue weighted by atomic mass is 9.96. The van der Waals surface area contributed by atoms with Gasteiger partial charge in [-0.15, -0.1) is 0 Å². The van der Waals surface area contributed by atoms with Gasteiger partial charge in [-0.05, 0) is 6.92 Å². The molecule has 200 valence electrons. The molecule has 0 amide bonds. The number of carboxylic acid groups (broad SMARTS) is 1. The van der Waals surface area contributed by atoms with Crippen LogP contribution in [0.4, 0.5) is 0 Å². The number of hydrogen-bond donors (Lipinski definition) is 11. The Kier molecular flexibility index (Phi) is 10.5. The van der Waals surface area contributed by atoms with Gasteiger partial charge >= 0.3 is 5.97 Å². The van der Waals surface area contributed by atoms with Gasteiger partial charge in [-0.2, -0.15) is 0 Å². The highest BCUT2D eigenvalue weighted by Gasteiger charge is 2.52. The highest BCUT2D eigenvalue weighted by atomic mass is 16.7. The number of aliphatic hydroxyl groups excluding tert-OH is 10. The van der Waals surface area contributed by atoms with Crippen molar-refractivity contribution in [2.45, 2.75) is 92.8 Å². The molecule has 2 fully saturated rings. The van der Waals surface area contributed by atoms with E-state index in [2.05, 4.69) is 0 Å². The molecule has 0 saturated carbocycles. The number of hydrogen-bond acceptors (Lipinski definition) is 15. The van der Waals surface area contributed by atoms with Crippen LogP contribution in [-0.2, 0) is 23.7 Å².